The lowest BCUT2D eigenvalue weighted by Crippen LogP contribution is -2.41. The van der Waals surface area contributed by atoms with Crippen LogP contribution < -0.4 is 39.4 Å². The minimum atomic E-state index is -3.76. The Morgan fingerprint density at radius 1 is 0.697 bits per heavy atom. The van der Waals surface area contributed by atoms with Gasteiger partial charge in [-0.25, -0.2) is 9.97 Å². The van der Waals surface area contributed by atoms with Crippen molar-refractivity contribution in [2.45, 2.75) is 126 Å². The van der Waals surface area contributed by atoms with Crippen LogP contribution in [0, 0.1) is 13.8 Å². The first kappa shape index (κ1) is 55.9. The number of primary amides is 1. The molecule has 6 aromatic rings. The highest BCUT2D eigenvalue weighted by Crippen LogP contribution is 2.63. The Morgan fingerprint density at radius 2 is 1.14 bits per heavy atom. The number of ether oxygens (including phenoxy) is 4. The van der Waals surface area contributed by atoms with E-state index in [2.05, 4.69) is 38.7 Å². The number of anilines is 1. The van der Waals surface area contributed by atoms with Gasteiger partial charge in [0.05, 0.1) is 37.0 Å². The molecule has 2 amide bonds. The van der Waals surface area contributed by atoms with Gasteiger partial charge < -0.3 is 39.1 Å². The molecule has 0 bridgehead atoms. The SMILES string of the molecule is Cc1nc(C2CC2(C(N)=O)c2ccc3c(c2)OC(F)(F)O3)sc1C(N[S@@+]([O-])C(C)(C)C)c1ccccc1Cl.Cc1nc(NC(=O)C2(c3ccc4c(c3)OC(F)(F)O4)CC2)sc1[C@@H](N[S@@+]([O-])C(C)(C)C)c1ccccc1Cl. The van der Waals surface area contributed by atoms with Crippen LogP contribution in [0.15, 0.2) is 84.9 Å². The summed E-state index contributed by atoms with van der Waals surface area (Å²) in [6.07, 6.45) is -6.01. The number of hydrogen-bond donors (Lipinski definition) is 4. The van der Waals surface area contributed by atoms with E-state index in [9.17, 15) is 36.3 Å². The van der Waals surface area contributed by atoms with Crippen LogP contribution in [0.4, 0.5) is 22.7 Å². The number of aryl methyl sites for hydroxylation is 2. The fraction of sp³-hybridized carbons (Fsp3) is 0.385. The van der Waals surface area contributed by atoms with Gasteiger partial charge in [-0.3, -0.25) is 9.59 Å². The lowest BCUT2D eigenvalue weighted by Gasteiger charge is -2.28. The first-order valence-electron chi connectivity index (χ1n) is 23.7. The molecule has 404 valence electrons. The molecule has 0 spiro atoms. The molecule has 10 rings (SSSR count). The second-order valence-electron chi connectivity index (χ2n) is 20.7. The molecule has 6 atom stereocenters. The van der Waals surface area contributed by atoms with Crippen molar-refractivity contribution < 1.29 is 55.2 Å². The van der Waals surface area contributed by atoms with Crippen molar-refractivity contribution in [3.63, 3.8) is 0 Å². The number of carbonyl (C=O) groups is 2. The molecule has 76 heavy (non-hydrogen) atoms. The largest absolute Gasteiger partial charge is 0.598 e. The summed E-state index contributed by atoms with van der Waals surface area (Å²) in [6.45, 7) is 14.9. The standard InChI is InChI=1S/2C26H26ClF2N3O4S2/c1-13-21(20(32-38(34)24(2,3)4)15-7-5-6-8-17(15)27)37-22(31-13)16-12-25(16,23(30)33)14-9-10-18-19(11-14)36-26(28,29)35-18;1-14-21(20(32-38(34)24(2,3)4)16-7-5-6-8-17(16)27)37-23(30-14)31-22(33)25(11-12-25)15-9-10-18-19(13-15)36-26(28,29)35-18/h5-11,16,20,32H,12H2,1-4H3,(H2,30,33);5-10,13,20,32H,11-12H2,1-4H3,(H,30,31,33)/t16?,20?,25?,38-;20-,38-/m00/s1. The van der Waals surface area contributed by atoms with Crippen LogP contribution in [0.3, 0.4) is 0 Å². The van der Waals surface area contributed by atoms with Crippen LogP contribution in [0.5, 0.6) is 23.0 Å². The van der Waals surface area contributed by atoms with Crippen LogP contribution in [-0.2, 0) is 43.1 Å². The number of nitrogens with two attached hydrogens (primary N) is 1. The van der Waals surface area contributed by atoms with Crippen molar-refractivity contribution >= 4 is 85.5 Å². The van der Waals surface area contributed by atoms with Crippen molar-refractivity contribution in [2.75, 3.05) is 5.32 Å². The van der Waals surface area contributed by atoms with Gasteiger partial charge in [0.2, 0.25) is 11.8 Å². The summed E-state index contributed by atoms with van der Waals surface area (Å²) in [4.78, 5) is 37.1. The van der Waals surface area contributed by atoms with Crippen LogP contribution in [0.1, 0.15) is 127 Å². The van der Waals surface area contributed by atoms with Gasteiger partial charge >= 0.3 is 12.6 Å². The number of amides is 2. The normalized spacial score (nSPS) is 20.9. The minimum Gasteiger partial charge on any atom is -0.598 e. The third-order valence-corrected chi connectivity index (χ3v) is 19.5. The quantitative estimate of drug-likeness (QED) is 0.0594. The lowest BCUT2D eigenvalue weighted by atomic mass is 9.92. The summed E-state index contributed by atoms with van der Waals surface area (Å²) >= 11 is 12.9. The summed E-state index contributed by atoms with van der Waals surface area (Å²) in [5.41, 5.74) is 7.74. The van der Waals surface area contributed by atoms with Gasteiger partial charge in [-0.05, 0) is 133 Å². The molecule has 2 aliphatic heterocycles. The first-order chi connectivity index (χ1) is 35.5. The average Bonchev–Trinajstić information content (AvgIpc) is 4.24. The molecule has 4 heterocycles. The highest BCUT2D eigenvalue weighted by molar-refractivity contribution is 7.91. The number of nitrogens with one attached hydrogen (secondary N) is 3. The zero-order chi connectivity index (χ0) is 55.1. The Labute approximate surface area is 460 Å². The van der Waals surface area contributed by atoms with Crippen molar-refractivity contribution in [1.29, 1.82) is 0 Å². The molecular weight excluding hydrogens is 1110 g/mol. The topological polar surface area (TPSA) is 205 Å². The minimum absolute atomic E-state index is 0.0686. The molecule has 0 saturated heterocycles. The Hall–Kier alpha value is -4.88. The second-order valence-corrected chi connectivity index (χ2v) is 27.6. The fourth-order valence-corrected chi connectivity index (χ4v) is 13.5. The Kier molecular flexibility index (Phi) is 15.0. The van der Waals surface area contributed by atoms with E-state index in [1.165, 1.54) is 46.9 Å². The zero-order valence-corrected chi connectivity index (χ0v) is 46.9. The summed E-state index contributed by atoms with van der Waals surface area (Å²) in [6, 6.07) is 22.3. The van der Waals surface area contributed by atoms with E-state index in [0.717, 1.165) is 20.9 Å². The number of nitrogens with zero attached hydrogens (tertiary/aromatic N) is 2. The number of aromatic nitrogens is 2. The van der Waals surface area contributed by atoms with Crippen molar-refractivity contribution in [3.8, 4) is 23.0 Å². The summed E-state index contributed by atoms with van der Waals surface area (Å²) in [5, 5.41) is 4.97. The van der Waals surface area contributed by atoms with E-state index in [4.69, 9.17) is 33.9 Å². The maximum Gasteiger partial charge on any atom is 0.586 e. The number of carbonyl (C=O) groups excluding carboxylic acids is 2. The van der Waals surface area contributed by atoms with Gasteiger partial charge in [0, 0.05) is 38.7 Å². The van der Waals surface area contributed by atoms with E-state index in [0.29, 0.717) is 62.0 Å². The van der Waals surface area contributed by atoms with Crippen LogP contribution in [0.2, 0.25) is 10.0 Å². The molecule has 24 heteroatoms. The molecule has 2 saturated carbocycles. The Morgan fingerprint density at radius 3 is 1.62 bits per heavy atom. The van der Waals surface area contributed by atoms with Gasteiger partial charge in [0.25, 0.3) is 0 Å². The monoisotopic (exact) mass is 1160 g/mol. The second kappa shape index (κ2) is 20.4. The maximum atomic E-state index is 13.6. The van der Waals surface area contributed by atoms with E-state index >= 15 is 0 Å². The number of benzene rings is 4. The third-order valence-electron chi connectivity index (χ3n) is 13.2. The first-order valence-corrected chi connectivity index (χ1v) is 28.4. The van der Waals surface area contributed by atoms with Crippen LogP contribution in [0.25, 0.3) is 0 Å². The smallest absolute Gasteiger partial charge is 0.586 e. The summed E-state index contributed by atoms with van der Waals surface area (Å²) in [5.74, 6) is -1.66. The van der Waals surface area contributed by atoms with E-state index in [-0.39, 0.29) is 34.8 Å². The summed E-state index contributed by atoms with van der Waals surface area (Å²) < 4.78 is 104. The van der Waals surface area contributed by atoms with Gasteiger partial charge in [0.1, 0.15) is 21.6 Å². The molecule has 5 N–H and O–H groups in total. The molecule has 4 aromatic carbocycles. The predicted octanol–water partition coefficient (Wildman–Crippen LogP) is 11.7. The lowest BCUT2D eigenvalue weighted by molar-refractivity contribution is -0.287. The number of hydrogen-bond acceptors (Lipinski definition) is 14. The van der Waals surface area contributed by atoms with Crippen LogP contribution in [-0.4, -0.2) is 53.0 Å². The molecule has 2 aliphatic carbocycles. The van der Waals surface area contributed by atoms with Crippen LogP contribution >= 0.6 is 45.9 Å². The van der Waals surface area contributed by atoms with Crippen molar-refractivity contribution in [2.24, 2.45) is 5.73 Å². The van der Waals surface area contributed by atoms with Gasteiger partial charge in [-0.1, -0.05) is 83.1 Å². The zero-order valence-electron chi connectivity index (χ0n) is 42.1. The van der Waals surface area contributed by atoms with E-state index in [1.807, 2.05) is 91.8 Å². The Bertz CT molecular complexity index is 3220. The van der Waals surface area contributed by atoms with Crippen molar-refractivity contribution in [3.05, 3.63) is 143 Å². The summed E-state index contributed by atoms with van der Waals surface area (Å²) in [7, 11) is 0. The third kappa shape index (κ3) is 11.2. The predicted molar refractivity (Wildman–Crippen MR) is 285 cm³/mol. The van der Waals surface area contributed by atoms with E-state index < -0.39 is 73.6 Å². The molecular formula is C52H52Cl2F4N6O8S4. The highest BCUT2D eigenvalue weighted by Gasteiger charge is 2.63. The number of alkyl halides is 4. The molecule has 4 aliphatic rings. The number of rotatable bonds is 14. The number of halogens is 6. The highest BCUT2D eigenvalue weighted by atomic mass is 35.5. The van der Waals surface area contributed by atoms with Gasteiger partial charge in [0.15, 0.2) is 28.1 Å². The molecule has 2 aromatic heterocycles. The molecule has 0 radical (unpaired) electrons. The van der Waals surface area contributed by atoms with E-state index in [1.54, 1.807) is 24.3 Å². The number of thiazole rings is 2. The van der Waals surface area contributed by atoms with Gasteiger partial charge in [-0.2, -0.15) is 0 Å². The van der Waals surface area contributed by atoms with Gasteiger partial charge in [-0.15, -0.1) is 38.3 Å². The average molecular weight is 1160 g/mol. The van der Waals surface area contributed by atoms with Crippen molar-refractivity contribution in [1.82, 2.24) is 19.4 Å². The maximum absolute atomic E-state index is 13.6. The molecule has 3 unspecified atom stereocenters. The molecule has 2 fully saturated rings. The fourth-order valence-electron chi connectivity index (χ4n) is 8.84. The number of fused-ring (bicyclic) bond motifs is 2. The molecule has 14 nitrogen and oxygen atoms in total. The Balaban J connectivity index is 0.000000186.